The van der Waals surface area contributed by atoms with Crippen molar-refractivity contribution in [2.75, 3.05) is 26.1 Å². The first kappa shape index (κ1) is 21.9. The van der Waals surface area contributed by atoms with Crippen LogP contribution in [-0.4, -0.2) is 74.3 Å². The summed E-state index contributed by atoms with van der Waals surface area (Å²) in [5, 5.41) is 19.7. The van der Waals surface area contributed by atoms with Gasteiger partial charge in [0, 0.05) is 0 Å². The molecule has 2 fully saturated rings. The number of aromatic nitrogens is 4. The second kappa shape index (κ2) is 8.30. The maximum Gasteiger partial charge on any atom is 0.475 e. The minimum Gasteiger partial charge on any atom is -0.481 e. The lowest BCUT2D eigenvalue weighted by atomic mass is 10.1. The van der Waals surface area contributed by atoms with Crippen molar-refractivity contribution < 1.29 is 42.6 Å². The van der Waals surface area contributed by atoms with Crippen LogP contribution >= 0.6 is 7.82 Å². The number of anilines is 1. The zero-order valence-electron chi connectivity index (χ0n) is 16.7. The largest absolute Gasteiger partial charge is 0.481 e. The highest BCUT2D eigenvalue weighted by molar-refractivity contribution is 7.48. The maximum absolute atomic E-state index is 12.8. The fraction of sp³-hybridized carbons (Fsp3) is 0.625. The SMILES string of the molecule is COc1nc(N)nc2c1ncn2[C@@H]1O[C@@H]2COP(=O)(OCC[C@@H](C)C(=O)O)O[C@H]2[C@@H]1O. The number of carboxylic acids is 1. The molecule has 0 amide bonds. The van der Waals surface area contributed by atoms with Gasteiger partial charge in [0.15, 0.2) is 17.4 Å². The lowest BCUT2D eigenvalue weighted by Crippen LogP contribution is -2.39. The van der Waals surface area contributed by atoms with Crippen molar-refractivity contribution in [3.63, 3.8) is 0 Å². The van der Waals surface area contributed by atoms with E-state index >= 15 is 0 Å². The molecule has 170 valence electrons. The first-order valence-electron chi connectivity index (χ1n) is 9.40. The van der Waals surface area contributed by atoms with Gasteiger partial charge in [0.25, 0.3) is 0 Å². The molecule has 6 atom stereocenters. The van der Waals surface area contributed by atoms with Crippen molar-refractivity contribution in [2.45, 2.75) is 37.9 Å². The summed E-state index contributed by atoms with van der Waals surface area (Å²) in [7, 11) is -2.59. The molecule has 0 bridgehead atoms. The van der Waals surface area contributed by atoms with Crippen LogP contribution < -0.4 is 10.5 Å². The number of phosphoric ester groups is 1. The molecule has 2 aromatic heterocycles. The van der Waals surface area contributed by atoms with E-state index in [2.05, 4.69) is 15.0 Å². The number of methoxy groups -OCH3 is 1. The summed E-state index contributed by atoms with van der Waals surface area (Å²) in [5.74, 6) is -1.57. The third kappa shape index (κ3) is 4.10. The van der Waals surface area contributed by atoms with Gasteiger partial charge in [-0.25, -0.2) is 9.55 Å². The predicted molar refractivity (Wildman–Crippen MR) is 102 cm³/mol. The Morgan fingerprint density at radius 2 is 2.26 bits per heavy atom. The van der Waals surface area contributed by atoms with E-state index in [0.717, 1.165) is 0 Å². The molecular weight excluding hydrogens is 437 g/mol. The number of aliphatic carboxylic acids is 1. The topological polar surface area (TPSA) is 190 Å². The summed E-state index contributed by atoms with van der Waals surface area (Å²) in [6.07, 6.45) is -2.49. The number of carboxylic acid groups (broad SMARTS) is 1. The monoisotopic (exact) mass is 459 g/mol. The molecule has 14 nitrogen and oxygen atoms in total. The summed E-state index contributed by atoms with van der Waals surface area (Å²) in [6, 6.07) is 0. The van der Waals surface area contributed by atoms with E-state index in [1.165, 1.54) is 24.9 Å². The Bertz CT molecular complexity index is 1030. The number of rotatable bonds is 7. The van der Waals surface area contributed by atoms with E-state index in [1.54, 1.807) is 0 Å². The standard InChI is InChI=1S/C16H22N5O9P/c1-7(15(23)24)3-4-27-31(25)28-5-8-11(30-31)10(22)14(29-8)21-6-18-9-12(21)19-16(17)20-13(9)26-2/h6-8,10-11,14,22H,3-5H2,1-2H3,(H,23,24)(H2,17,19,20)/t7-,8-,10+,11-,14-,31?/m1/s1. The normalized spacial score (nSPS) is 31.5. The molecule has 0 spiro atoms. The van der Waals surface area contributed by atoms with Crippen LogP contribution in [0.1, 0.15) is 19.6 Å². The Morgan fingerprint density at radius 3 is 2.97 bits per heavy atom. The Kier molecular flexibility index (Phi) is 5.85. The number of imidazole rings is 1. The van der Waals surface area contributed by atoms with Gasteiger partial charge in [0.05, 0.1) is 32.6 Å². The number of carbonyl (C=O) groups is 1. The molecule has 0 radical (unpaired) electrons. The van der Waals surface area contributed by atoms with Gasteiger partial charge in [-0.3, -0.25) is 22.9 Å². The molecule has 31 heavy (non-hydrogen) atoms. The lowest BCUT2D eigenvalue weighted by molar-refractivity contribution is -0.141. The number of aliphatic hydroxyl groups excluding tert-OH is 1. The quantitative estimate of drug-likeness (QED) is 0.480. The molecule has 4 heterocycles. The molecule has 0 aromatic carbocycles. The van der Waals surface area contributed by atoms with Gasteiger partial charge in [-0.05, 0) is 6.42 Å². The van der Waals surface area contributed by atoms with E-state index in [9.17, 15) is 14.5 Å². The van der Waals surface area contributed by atoms with Crippen LogP contribution in [0.15, 0.2) is 6.33 Å². The minimum absolute atomic E-state index is 0.0518. The Balaban J connectivity index is 1.50. The zero-order valence-corrected chi connectivity index (χ0v) is 17.5. The van der Waals surface area contributed by atoms with Gasteiger partial charge in [0.2, 0.25) is 11.8 Å². The number of nitrogens with two attached hydrogens (primary N) is 1. The van der Waals surface area contributed by atoms with Crippen LogP contribution in [0.25, 0.3) is 11.2 Å². The third-order valence-electron chi connectivity index (χ3n) is 5.05. The van der Waals surface area contributed by atoms with Crippen molar-refractivity contribution in [3.8, 4) is 5.88 Å². The predicted octanol–water partition coefficient (Wildman–Crippen LogP) is 0.326. The molecule has 4 rings (SSSR count). The van der Waals surface area contributed by atoms with Crippen molar-refractivity contribution in [3.05, 3.63) is 6.33 Å². The molecule has 4 N–H and O–H groups in total. The summed E-state index contributed by atoms with van der Waals surface area (Å²) < 4.78 is 41.0. The third-order valence-corrected chi connectivity index (χ3v) is 6.52. The van der Waals surface area contributed by atoms with Gasteiger partial charge in [-0.1, -0.05) is 6.92 Å². The number of phosphoric acid groups is 1. The summed E-state index contributed by atoms with van der Waals surface area (Å²) in [6.45, 7) is 1.20. The van der Waals surface area contributed by atoms with E-state index < -0.39 is 44.2 Å². The molecule has 1 unspecified atom stereocenters. The Labute approximate surface area is 175 Å². The minimum atomic E-state index is -4.00. The van der Waals surface area contributed by atoms with Crippen LogP contribution in [0, 0.1) is 5.92 Å². The van der Waals surface area contributed by atoms with Gasteiger partial charge in [-0.15, -0.1) is 0 Å². The molecule has 15 heteroatoms. The number of nitrogen functional groups attached to an aromatic ring is 1. The second-order valence-electron chi connectivity index (χ2n) is 7.15. The van der Waals surface area contributed by atoms with Crippen LogP contribution in [0.3, 0.4) is 0 Å². The first-order chi connectivity index (χ1) is 14.7. The maximum atomic E-state index is 12.8. The Morgan fingerprint density at radius 1 is 1.48 bits per heavy atom. The number of nitrogens with zero attached hydrogens (tertiary/aromatic N) is 4. The number of fused-ring (bicyclic) bond motifs is 2. The van der Waals surface area contributed by atoms with Gasteiger partial charge >= 0.3 is 13.8 Å². The van der Waals surface area contributed by atoms with Gasteiger partial charge in [0.1, 0.15) is 18.3 Å². The van der Waals surface area contributed by atoms with Gasteiger partial charge in [-0.2, -0.15) is 9.97 Å². The molecule has 2 aliphatic rings. The highest BCUT2D eigenvalue weighted by Gasteiger charge is 2.53. The van der Waals surface area contributed by atoms with E-state index in [-0.39, 0.29) is 37.1 Å². The highest BCUT2D eigenvalue weighted by Crippen LogP contribution is 2.56. The average Bonchev–Trinajstić information content (AvgIpc) is 3.28. The molecule has 2 aliphatic heterocycles. The average molecular weight is 459 g/mol. The lowest BCUT2D eigenvalue weighted by Gasteiger charge is -2.30. The number of hydrogen-bond donors (Lipinski definition) is 3. The second-order valence-corrected chi connectivity index (χ2v) is 8.77. The number of ether oxygens (including phenoxy) is 2. The first-order valence-corrected chi connectivity index (χ1v) is 10.9. The van der Waals surface area contributed by atoms with E-state index in [0.29, 0.717) is 5.52 Å². The van der Waals surface area contributed by atoms with Crippen molar-refractivity contribution in [1.29, 1.82) is 0 Å². The van der Waals surface area contributed by atoms with Crippen LogP contribution in [0.5, 0.6) is 5.88 Å². The molecule has 0 saturated carbocycles. The summed E-state index contributed by atoms with van der Waals surface area (Å²) in [4.78, 5) is 23.2. The van der Waals surface area contributed by atoms with Crippen LogP contribution in [0.4, 0.5) is 5.95 Å². The van der Waals surface area contributed by atoms with Crippen molar-refractivity contribution in [2.24, 2.45) is 5.92 Å². The summed E-state index contributed by atoms with van der Waals surface area (Å²) >= 11 is 0. The molecular formula is C16H22N5O9P. The molecule has 2 aromatic rings. The van der Waals surface area contributed by atoms with Crippen LogP contribution in [-0.2, 0) is 27.7 Å². The molecule has 2 saturated heterocycles. The van der Waals surface area contributed by atoms with Crippen LogP contribution in [0.2, 0.25) is 0 Å². The fourth-order valence-electron chi connectivity index (χ4n) is 3.33. The number of aliphatic hydroxyl groups is 1. The zero-order chi connectivity index (χ0) is 22.3. The van der Waals surface area contributed by atoms with E-state index in [4.69, 9.17) is 33.9 Å². The van der Waals surface area contributed by atoms with E-state index in [1.807, 2.05) is 0 Å². The smallest absolute Gasteiger partial charge is 0.475 e. The fourth-order valence-corrected chi connectivity index (χ4v) is 4.74. The Hall–Kier alpha value is -2.35. The highest BCUT2D eigenvalue weighted by atomic mass is 31.2. The van der Waals surface area contributed by atoms with Gasteiger partial charge < -0.3 is 25.4 Å². The molecule has 0 aliphatic carbocycles. The van der Waals surface area contributed by atoms with Crippen molar-refractivity contribution in [1.82, 2.24) is 19.5 Å². The summed E-state index contributed by atoms with van der Waals surface area (Å²) in [5.41, 5.74) is 6.31. The number of hydrogen-bond acceptors (Lipinski definition) is 12. The van der Waals surface area contributed by atoms with Crippen molar-refractivity contribution >= 4 is 30.9 Å².